The molecule has 0 spiro atoms. The van der Waals surface area contributed by atoms with Crippen LogP contribution >= 0.6 is 0 Å². The van der Waals surface area contributed by atoms with Gasteiger partial charge in [-0.15, -0.1) is 0 Å². The summed E-state index contributed by atoms with van der Waals surface area (Å²) in [6.07, 6.45) is 1.14. The fourth-order valence-electron chi connectivity index (χ4n) is 2.61. The summed E-state index contributed by atoms with van der Waals surface area (Å²) >= 11 is 0. The minimum Gasteiger partial charge on any atom is -0.356 e. The van der Waals surface area contributed by atoms with Crippen molar-refractivity contribution in [1.29, 1.82) is 0 Å². The number of para-hydroxylation sites is 1. The molecule has 0 aliphatic carbocycles. The summed E-state index contributed by atoms with van der Waals surface area (Å²) in [4.78, 5) is 11.6. The predicted molar refractivity (Wildman–Crippen MR) is 91.0 cm³/mol. The zero-order valence-corrected chi connectivity index (χ0v) is 13.7. The van der Waals surface area contributed by atoms with E-state index in [9.17, 15) is 0 Å². The Labute approximate surface area is 127 Å². The Bertz CT molecular complexity index is 594. The Kier molecular flexibility index (Phi) is 4.99. The second-order valence-corrected chi connectivity index (χ2v) is 6.01. The van der Waals surface area contributed by atoms with Crippen molar-refractivity contribution in [3.8, 4) is 0 Å². The molecule has 1 heterocycles. The quantitative estimate of drug-likeness (QED) is 0.873. The lowest BCUT2D eigenvalue weighted by Gasteiger charge is -2.28. The van der Waals surface area contributed by atoms with Crippen LogP contribution in [0.15, 0.2) is 24.3 Å². The van der Waals surface area contributed by atoms with E-state index in [2.05, 4.69) is 56.0 Å². The molecule has 0 aliphatic rings. The Balaban J connectivity index is 2.44. The van der Waals surface area contributed by atoms with E-state index >= 15 is 0 Å². The molecule has 0 bridgehead atoms. The van der Waals surface area contributed by atoms with Gasteiger partial charge in [-0.2, -0.15) is 4.98 Å². The fraction of sp³-hybridized carbons (Fsp3) is 0.529. The third-order valence-corrected chi connectivity index (χ3v) is 3.73. The molecular weight excluding hydrogens is 260 g/mol. The van der Waals surface area contributed by atoms with Crippen LogP contribution in [0.4, 0.5) is 11.8 Å². The number of benzene rings is 1. The molecule has 21 heavy (non-hydrogen) atoms. The Morgan fingerprint density at radius 3 is 2.52 bits per heavy atom. The van der Waals surface area contributed by atoms with Crippen LogP contribution in [0.25, 0.3) is 10.9 Å². The summed E-state index contributed by atoms with van der Waals surface area (Å²) in [7, 11) is 2.12. The number of nitrogens with zero attached hydrogens (tertiary/aromatic N) is 3. The normalized spacial score (nSPS) is 12.7. The average Bonchev–Trinajstić information content (AvgIpc) is 2.45. The summed E-state index contributed by atoms with van der Waals surface area (Å²) in [5, 5.41) is 4.33. The summed E-state index contributed by atoms with van der Waals surface area (Å²) in [5.74, 6) is 2.38. The first-order valence-electron chi connectivity index (χ1n) is 7.76. The number of fused-ring (bicyclic) bond motifs is 1. The van der Waals surface area contributed by atoms with Gasteiger partial charge in [0.1, 0.15) is 5.82 Å². The topological polar surface area (TPSA) is 41.1 Å². The molecule has 114 valence electrons. The Morgan fingerprint density at radius 2 is 1.86 bits per heavy atom. The molecule has 1 unspecified atom stereocenters. The monoisotopic (exact) mass is 286 g/mol. The number of rotatable bonds is 6. The van der Waals surface area contributed by atoms with Crippen molar-refractivity contribution in [3.05, 3.63) is 24.3 Å². The molecule has 1 atom stereocenters. The van der Waals surface area contributed by atoms with Crippen molar-refractivity contribution >= 4 is 22.7 Å². The first kappa shape index (κ1) is 15.5. The molecule has 1 aromatic heterocycles. The van der Waals surface area contributed by atoms with Crippen molar-refractivity contribution in [3.63, 3.8) is 0 Å². The summed E-state index contributed by atoms with van der Waals surface area (Å²) in [6.45, 7) is 9.65. The first-order valence-corrected chi connectivity index (χ1v) is 7.76. The van der Waals surface area contributed by atoms with Crippen LogP contribution in [0, 0.1) is 5.92 Å². The Morgan fingerprint density at radius 1 is 1.14 bits per heavy atom. The Hall–Kier alpha value is -1.84. The van der Waals surface area contributed by atoms with Crippen molar-refractivity contribution < 1.29 is 0 Å². The minimum atomic E-state index is 0.442. The highest BCUT2D eigenvalue weighted by Gasteiger charge is 2.17. The lowest BCUT2D eigenvalue weighted by Crippen LogP contribution is -2.31. The van der Waals surface area contributed by atoms with Gasteiger partial charge in [0, 0.05) is 25.0 Å². The molecule has 4 heteroatoms. The van der Waals surface area contributed by atoms with Crippen LogP contribution in [0.3, 0.4) is 0 Å². The van der Waals surface area contributed by atoms with E-state index in [0.717, 1.165) is 29.7 Å². The molecule has 2 rings (SSSR count). The molecule has 0 amide bonds. The van der Waals surface area contributed by atoms with E-state index in [-0.39, 0.29) is 0 Å². The molecule has 0 saturated carbocycles. The van der Waals surface area contributed by atoms with Gasteiger partial charge in [0.05, 0.1) is 5.52 Å². The van der Waals surface area contributed by atoms with Crippen LogP contribution in [-0.2, 0) is 0 Å². The lowest BCUT2D eigenvalue weighted by molar-refractivity contribution is 0.503. The highest BCUT2D eigenvalue weighted by Crippen LogP contribution is 2.27. The van der Waals surface area contributed by atoms with Gasteiger partial charge in [0.2, 0.25) is 5.95 Å². The zero-order valence-electron chi connectivity index (χ0n) is 13.7. The number of anilines is 2. The summed E-state index contributed by atoms with van der Waals surface area (Å²) < 4.78 is 0. The standard InChI is InChI=1S/C17H26N4/c1-6-18-17-19-15-10-8-7-9-14(15)16(20-17)21(5)13(4)11-12(2)3/h7-10,12-13H,6,11H2,1-5H3,(H,18,19,20). The molecule has 1 N–H and O–H groups in total. The predicted octanol–water partition coefficient (Wildman–Crippen LogP) is 3.93. The van der Waals surface area contributed by atoms with Crippen LogP contribution < -0.4 is 10.2 Å². The molecule has 0 fully saturated rings. The second kappa shape index (κ2) is 6.74. The van der Waals surface area contributed by atoms with Crippen molar-refractivity contribution in [2.45, 2.75) is 40.2 Å². The van der Waals surface area contributed by atoms with Gasteiger partial charge in [-0.25, -0.2) is 4.98 Å². The maximum absolute atomic E-state index is 4.72. The molecular formula is C17H26N4. The maximum atomic E-state index is 4.72. The van der Waals surface area contributed by atoms with Gasteiger partial charge in [0.25, 0.3) is 0 Å². The lowest BCUT2D eigenvalue weighted by atomic mass is 10.0. The van der Waals surface area contributed by atoms with E-state index in [4.69, 9.17) is 4.98 Å². The van der Waals surface area contributed by atoms with Gasteiger partial charge in [-0.1, -0.05) is 26.0 Å². The molecule has 0 aliphatic heterocycles. The van der Waals surface area contributed by atoms with Gasteiger partial charge < -0.3 is 10.2 Å². The minimum absolute atomic E-state index is 0.442. The SMILES string of the molecule is CCNc1nc(N(C)C(C)CC(C)C)c2ccccc2n1. The highest BCUT2D eigenvalue weighted by molar-refractivity contribution is 5.90. The van der Waals surface area contributed by atoms with Crippen LogP contribution in [0.2, 0.25) is 0 Å². The van der Waals surface area contributed by atoms with Gasteiger partial charge in [0.15, 0.2) is 0 Å². The number of hydrogen-bond donors (Lipinski definition) is 1. The van der Waals surface area contributed by atoms with E-state index in [0.29, 0.717) is 17.9 Å². The molecule has 4 nitrogen and oxygen atoms in total. The fourth-order valence-corrected chi connectivity index (χ4v) is 2.61. The third kappa shape index (κ3) is 3.63. The highest BCUT2D eigenvalue weighted by atomic mass is 15.2. The third-order valence-electron chi connectivity index (χ3n) is 3.73. The van der Waals surface area contributed by atoms with Gasteiger partial charge in [-0.3, -0.25) is 0 Å². The van der Waals surface area contributed by atoms with Gasteiger partial charge >= 0.3 is 0 Å². The molecule has 0 radical (unpaired) electrons. The zero-order chi connectivity index (χ0) is 15.4. The smallest absolute Gasteiger partial charge is 0.225 e. The molecule has 0 saturated heterocycles. The first-order chi connectivity index (χ1) is 10.0. The largest absolute Gasteiger partial charge is 0.356 e. The molecule has 2 aromatic rings. The van der Waals surface area contributed by atoms with E-state index < -0.39 is 0 Å². The summed E-state index contributed by atoms with van der Waals surface area (Å²) in [5.41, 5.74) is 0.988. The van der Waals surface area contributed by atoms with E-state index in [1.54, 1.807) is 0 Å². The van der Waals surface area contributed by atoms with E-state index in [1.165, 1.54) is 0 Å². The summed E-state index contributed by atoms with van der Waals surface area (Å²) in [6, 6.07) is 8.65. The molecule has 1 aromatic carbocycles. The van der Waals surface area contributed by atoms with Gasteiger partial charge in [-0.05, 0) is 38.3 Å². The van der Waals surface area contributed by atoms with Crippen molar-refractivity contribution in [2.75, 3.05) is 23.8 Å². The average molecular weight is 286 g/mol. The second-order valence-electron chi connectivity index (χ2n) is 6.01. The number of nitrogens with one attached hydrogen (secondary N) is 1. The van der Waals surface area contributed by atoms with Crippen LogP contribution in [-0.4, -0.2) is 29.6 Å². The van der Waals surface area contributed by atoms with Crippen molar-refractivity contribution in [2.24, 2.45) is 5.92 Å². The van der Waals surface area contributed by atoms with Crippen LogP contribution in [0.1, 0.15) is 34.1 Å². The van der Waals surface area contributed by atoms with E-state index in [1.807, 2.05) is 18.2 Å². The number of hydrogen-bond acceptors (Lipinski definition) is 4. The maximum Gasteiger partial charge on any atom is 0.225 e. The number of aromatic nitrogens is 2. The van der Waals surface area contributed by atoms with Crippen LogP contribution in [0.5, 0.6) is 0 Å². The van der Waals surface area contributed by atoms with Crippen molar-refractivity contribution in [1.82, 2.24) is 9.97 Å².